The molecule has 1 amide bonds. The number of rotatable bonds is 10. The Bertz CT molecular complexity index is 1110. The molecule has 0 bridgehead atoms. The van der Waals surface area contributed by atoms with Crippen molar-refractivity contribution in [3.8, 4) is 11.5 Å². The highest BCUT2D eigenvalue weighted by atomic mass is 32.2. The molecule has 0 aromatic heterocycles. The third-order valence-electron chi connectivity index (χ3n) is 4.71. The number of non-ortho nitro benzene ring substituents is 1. The molecule has 0 saturated heterocycles. The van der Waals surface area contributed by atoms with Gasteiger partial charge in [-0.2, -0.15) is 0 Å². The van der Waals surface area contributed by atoms with Crippen molar-refractivity contribution < 1.29 is 27.6 Å². The molecule has 2 aromatic carbocycles. The molecule has 0 aliphatic rings. The van der Waals surface area contributed by atoms with Gasteiger partial charge in [0.05, 0.1) is 24.8 Å². The van der Waals surface area contributed by atoms with E-state index in [-0.39, 0.29) is 35.7 Å². The number of hydrogen-bond acceptors (Lipinski definition) is 7. The summed E-state index contributed by atoms with van der Waals surface area (Å²) < 4.78 is 36.4. The molecule has 0 saturated carbocycles. The monoisotopic (exact) mass is 479 g/mol. The van der Waals surface area contributed by atoms with Gasteiger partial charge in [0.1, 0.15) is 30.3 Å². The average Bonchev–Trinajstić information content (AvgIpc) is 2.73. The van der Waals surface area contributed by atoms with Gasteiger partial charge in [0.2, 0.25) is 15.9 Å². The molecule has 33 heavy (non-hydrogen) atoms. The van der Waals surface area contributed by atoms with Crippen LogP contribution in [-0.2, 0) is 20.2 Å². The van der Waals surface area contributed by atoms with E-state index in [1.165, 1.54) is 19.2 Å². The van der Waals surface area contributed by atoms with Crippen LogP contribution in [0.15, 0.2) is 42.5 Å². The minimum Gasteiger partial charge on any atom is -0.495 e. The SMILES string of the molecule is COc1ccc([N+](=O)[O-])cc1N(CC(=O)NCCOc1ccccc1C(C)(C)C)S(C)(=O)=O. The molecule has 0 unspecified atom stereocenters. The minimum atomic E-state index is -3.95. The first-order valence-electron chi connectivity index (χ1n) is 10.1. The third-order valence-corrected chi connectivity index (χ3v) is 5.83. The quantitative estimate of drug-likeness (QED) is 0.315. The lowest BCUT2D eigenvalue weighted by Gasteiger charge is -2.24. The Morgan fingerprint density at radius 1 is 1.15 bits per heavy atom. The lowest BCUT2D eigenvalue weighted by molar-refractivity contribution is -0.384. The number of carbonyl (C=O) groups excluding carboxylic acids is 1. The van der Waals surface area contributed by atoms with E-state index < -0.39 is 27.4 Å². The number of ether oxygens (including phenoxy) is 2. The van der Waals surface area contributed by atoms with Crippen molar-refractivity contribution >= 4 is 27.3 Å². The zero-order chi connectivity index (χ0) is 24.8. The number of para-hydroxylation sites is 1. The van der Waals surface area contributed by atoms with Crippen molar-refractivity contribution in [2.75, 3.05) is 37.4 Å². The zero-order valence-electron chi connectivity index (χ0n) is 19.3. The minimum absolute atomic E-state index is 0.0842. The van der Waals surface area contributed by atoms with Gasteiger partial charge in [-0.25, -0.2) is 8.42 Å². The fourth-order valence-corrected chi connectivity index (χ4v) is 3.97. The highest BCUT2D eigenvalue weighted by Crippen LogP contribution is 2.33. The standard InChI is InChI=1S/C22H29N3O7S/c1-22(2,3)17-8-6-7-9-19(17)32-13-12-23-21(26)15-24(33(5,29)30)18-14-16(25(27)28)10-11-20(18)31-4/h6-11,14H,12-13,15H2,1-5H3,(H,23,26). The number of nitro groups is 1. The van der Waals surface area contributed by atoms with Crippen LogP contribution in [0.3, 0.4) is 0 Å². The Kier molecular flexibility index (Phi) is 8.26. The molecule has 2 aromatic rings. The van der Waals surface area contributed by atoms with Crippen LogP contribution in [0.4, 0.5) is 11.4 Å². The molecule has 1 N–H and O–H groups in total. The second-order valence-electron chi connectivity index (χ2n) is 8.33. The largest absolute Gasteiger partial charge is 0.495 e. The number of nitro benzene ring substituents is 1. The lowest BCUT2D eigenvalue weighted by atomic mass is 9.86. The first-order chi connectivity index (χ1) is 15.3. The first kappa shape index (κ1) is 25.9. The Morgan fingerprint density at radius 2 is 1.82 bits per heavy atom. The molecule has 0 aliphatic heterocycles. The number of benzene rings is 2. The molecular weight excluding hydrogens is 450 g/mol. The van der Waals surface area contributed by atoms with Crippen LogP contribution in [0.25, 0.3) is 0 Å². The van der Waals surface area contributed by atoms with Crippen LogP contribution in [-0.4, -0.2) is 52.3 Å². The summed E-state index contributed by atoms with van der Waals surface area (Å²) >= 11 is 0. The summed E-state index contributed by atoms with van der Waals surface area (Å²) in [7, 11) is -2.64. The maximum Gasteiger partial charge on any atom is 0.271 e. The summed E-state index contributed by atoms with van der Waals surface area (Å²) in [6.45, 7) is 5.95. The van der Waals surface area contributed by atoms with Crippen LogP contribution < -0.4 is 19.1 Å². The van der Waals surface area contributed by atoms with Crippen molar-refractivity contribution in [2.24, 2.45) is 0 Å². The number of nitrogens with one attached hydrogen (secondary N) is 1. The van der Waals surface area contributed by atoms with E-state index in [9.17, 15) is 23.3 Å². The molecule has 0 radical (unpaired) electrons. The van der Waals surface area contributed by atoms with Gasteiger partial charge >= 0.3 is 0 Å². The van der Waals surface area contributed by atoms with Crippen LogP contribution in [0.1, 0.15) is 26.3 Å². The van der Waals surface area contributed by atoms with Crippen molar-refractivity contribution in [3.63, 3.8) is 0 Å². The molecule has 2 rings (SSSR count). The maximum atomic E-state index is 12.5. The molecule has 0 aliphatic carbocycles. The van der Waals surface area contributed by atoms with Gasteiger partial charge in [-0.05, 0) is 23.1 Å². The third kappa shape index (κ3) is 7.07. The molecule has 0 atom stereocenters. The van der Waals surface area contributed by atoms with Crippen molar-refractivity contribution in [2.45, 2.75) is 26.2 Å². The number of hydrogen-bond donors (Lipinski definition) is 1. The van der Waals surface area contributed by atoms with Crippen LogP contribution in [0, 0.1) is 10.1 Å². The van der Waals surface area contributed by atoms with Crippen LogP contribution in [0.5, 0.6) is 11.5 Å². The summed E-state index contributed by atoms with van der Waals surface area (Å²) in [6.07, 6.45) is 0.908. The summed E-state index contributed by atoms with van der Waals surface area (Å²) in [6, 6.07) is 11.1. The van der Waals surface area contributed by atoms with Gasteiger partial charge in [-0.1, -0.05) is 39.0 Å². The van der Waals surface area contributed by atoms with E-state index in [1.807, 2.05) is 24.3 Å². The zero-order valence-corrected chi connectivity index (χ0v) is 20.1. The Labute approximate surface area is 193 Å². The number of anilines is 1. The molecule has 0 fully saturated rings. The van der Waals surface area contributed by atoms with Gasteiger partial charge in [-0.15, -0.1) is 0 Å². The van der Waals surface area contributed by atoms with Crippen molar-refractivity contribution in [1.82, 2.24) is 5.32 Å². The first-order valence-corrected chi connectivity index (χ1v) is 12.0. The van der Waals surface area contributed by atoms with Gasteiger partial charge in [-0.3, -0.25) is 19.2 Å². The van der Waals surface area contributed by atoms with Crippen LogP contribution in [0.2, 0.25) is 0 Å². The van der Waals surface area contributed by atoms with E-state index in [0.29, 0.717) is 5.75 Å². The van der Waals surface area contributed by atoms with Gasteiger partial charge in [0, 0.05) is 12.1 Å². The highest BCUT2D eigenvalue weighted by molar-refractivity contribution is 7.92. The van der Waals surface area contributed by atoms with Crippen molar-refractivity contribution in [3.05, 3.63) is 58.1 Å². The smallest absolute Gasteiger partial charge is 0.271 e. The summed E-state index contributed by atoms with van der Waals surface area (Å²) in [5.41, 5.74) is 0.482. The number of carbonyl (C=O) groups is 1. The Hall–Kier alpha value is -3.34. The second kappa shape index (κ2) is 10.5. The number of sulfonamides is 1. The van der Waals surface area contributed by atoms with E-state index in [0.717, 1.165) is 22.2 Å². The predicted molar refractivity (Wildman–Crippen MR) is 125 cm³/mol. The fraction of sp³-hybridized carbons (Fsp3) is 0.409. The predicted octanol–water partition coefficient (Wildman–Crippen LogP) is 2.86. The molecule has 11 heteroatoms. The van der Waals surface area contributed by atoms with E-state index in [4.69, 9.17) is 9.47 Å². The maximum absolute atomic E-state index is 12.5. The Balaban J connectivity index is 2.09. The topological polar surface area (TPSA) is 128 Å². The van der Waals surface area contributed by atoms with E-state index in [2.05, 4.69) is 26.1 Å². The highest BCUT2D eigenvalue weighted by Gasteiger charge is 2.26. The molecule has 10 nitrogen and oxygen atoms in total. The average molecular weight is 480 g/mol. The van der Waals surface area contributed by atoms with Crippen LogP contribution >= 0.6 is 0 Å². The number of methoxy groups -OCH3 is 1. The molecular formula is C22H29N3O7S. The van der Waals surface area contributed by atoms with E-state index >= 15 is 0 Å². The molecule has 0 spiro atoms. The summed E-state index contributed by atoms with van der Waals surface area (Å²) in [5.74, 6) is 0.195. The van der Waals surface area contributed by atoms with Gasteiger partial charge in [0.25, 0.3) is 5.69 Å². The number of nitrogens with zero attached hydrogens (tertiary/aromatic N) is 2. The fourth-order valence-electron chi connectivity index (χ4n) is 3.12. The summed E-state index contributed by atoms with van der Waals surface area (Å²) in [5, 5.41) is 13.7. The second-order valence-corrected chi connectivity index (χ2v) is 10.2. The van der Waals surface area contributed by atoms with Gasteiger partial charge < -0.3 is 14.8 Å². The lowest BCUT2D eigenvalue weighted by Crippen LogP contribution is -2.41. The Morgan fingerprint density at radius 3 is 2.39 bits per heavy atom. The summed E-state index contributed by atoms with van der Waals surface area (Å²) in [4.78, 5) is 23.0. The normalized spacial score (nSPS) is 11.5. The van der Waals surface area contributed by atoms with Gasteiger partial charge in [0.15, 0.2) is 0 Å². The molecule has 0 heterocycles. The molecule has 180 valence electrons. The van der Waals surface area contributed by atoms with E-state index in [1.54, 1.807) is 0 Å². The number of amides is 1. The van der Waals surface area contributed by atoms with Crippen molar-refractivity contribution in [1.29, 1.82) is 0 Å².